The van der Waals surface area contributed by atoms with Crippen LogP contribution in [0.1, 0.15) is 33.3 Å². The van der Waals surface area contributed by atoms with Crippen LogP contribution in [-0.4, -0.2) is 101 Å². The summed E-state index contributed by atoms with van der Waals surface area (Å²) >= 11 is 24.0. The minimum absolute atomic E-state index is 0. The smallest absolute Gasteiger partial charge is 1.00 e. The van der Waals surface area contributed by atoms with Gasteiger partial charge in [-0.05, 0) is 97.8 Å². The SMILES string of the molecule is CS(=O)(=O)NC(=O)c1ccc(-c2cnc(F)c(Cl)c2)c(OC2COC2)c1.Cc1ccc(Cl)c(O)c1.Cc1ccc(Cl)c(Oc2ncc(-c3ccc(C(=O)NS(C)(=O)=O)cc3OC3COC3)cc2Cl)c1.O=CO[O-].[Cs+].[Cs+].[H-]. The second kappa shape index (κ2) is 31.5. The third kappa shape index (κ3) is 21.7. The molecular formula is C47H43Cl4Cs2FN4O15S2. The average molecular weight is 1390 g/mol. The molecule has 6 aromatic rings. The van der Waals surface area contributed by atoms with Gasteiger partial charge in [-0.2, -0.15) is 4.39 Å². The van der Waals surface area contributed by atoms with Gasteiger partial charge in [-0.25, -0.2) is 36.2 Å². The Morgan fingerprint density at radius 3 is 1.51 bits per heavy atom. The molecule has 2 saturated heterocycles. The molecule has 0 atom stereocenters. The van der Waals surface area contributed by atoms with E-state index in [0.29, 0.717) is 76.0 Å². The number of ether oxygens (including phenoxy) is 5. The Morgan fingerprint density at radius 1 is 0.680 bits per heavy atom. The molecule has 390 valence electrons. The molecule has 4 aromatic carbocycles. The van der Waals surface area contributed by atoms with Crippen molar-refractivity contribution < 1.29 is 214 Å². The number of aromatic hydroxyl groups is 1. The normalized spacial score (nSPS) is 12.7. The van der Waals surface area contributed by atoms with Gasteiger partial charge in [-0.1, -0.05) is 58.5 Å². The first-order valence-electron chi connectivity index (χ1n) is 20.8. The number of pyridine rings is 2. The van der Waals surface area contributed by atoms with Crippen LogP contribution in [0.25, 0.3) is 22.3 Å². The number of amides is 2. The molecule has 0 radical (unpaired) electrons. The number of hydrogen-bond donors (Lipinski definition) is 3. The number of aromatic nitrogens is 2. The molecule has 0 bridgehead atoms. The second-order valence-corrected chi connectivity index (χ2v) is 20.7. The van der Waals surface area contributed by atoms with Gasteiger partial charge in [0.05, 0.1) is 54.0 Å². The minimum Gasteiger partial charge on any atom is -1.00 e. The summed E-state index contributed by atoms with van der Waals surface area (Å²) in [7, 11) is -7.42. The van der Waals surface area contributed by atoms with Crippen LogP contribution in [0.4, 0.5) is 4.39 Å². The Hall–Kier alpha value is -2.24. The van der Waals surface area contributed by atoms with Crippen molar-refractivity contribution in [1.29, 1.82) is 0 Å². The summed E-state index contributed by atoms with van der Waals surface area (Å²) in [5, 5.41) is 18.3. The van der Waals surface area contributed by atoms with Crippen LogP contribution < -0.4 is 167 Å². The second-order valence-electron chi connectivity index (χ2n) is 15.6. The van der Waals surface area contributed by atoms with Crippen molar-refractivity contribution in [2.45, 2.75) is 26.1 Å². The molecule has 8 rings (SSSR count). The van der Waals surface area contributed by atoms with Crippen LogP contribution in [0, 0.1) is 19.8 Å². The Morgan fingerprint density at radius 2 is 1.12 bits per heavy atom. The number of carbonyl (C=O) groups is 3. The number of rotatable bonds is 13. The number of nitrogens with one attached hydrogen (secondary N) is 2. The fourth-order valence-corrected chi connectivity index (χ4v) is 7.56. The molecule has 19 nitrogen and oxygen atoms in total. The maximum Gasteiger partial charge on any atom is 1.00 e. The number of carbonyl (C=O) groups excluding carboxylic acids is 3. The van der Waals surface area contributed by atoms with E-state index in [-0.39, 0.29) is 191 Å². The Balaban J connectivity index is 0.000000415. The zero-order valence-electron chi connectivity index (χ0n) is 41.6. The molecular weight excluding hydrogens is 1350 g/mol. The number of aryl methyl sites for hydroxylation is 2. The molecule has 2 aromatic heterocycles. The number of phenolic OH excluding ortho intramolecular Hbond substituents is 1. The van der Waals surface area contributed by atoms with Gasteiger partial charge < -0.3 is 40.4 Å². The molecule has 75 heavy (non-hydrogen) atoms. The molecule has 3 N–H and O–H groups in total. The summed E-state index contributed by atoms with van der Waals surface area (Å²) in [6.07, 6.45) is 4.24. The first-order valence-corrected chi connectivity index (χ1v) is 26.1. The fraction of sp³-hybridized carbons (Fsp3) is 0.213. The quantitative estimate of drug-likeness (QED) is 0.0641. The topological polar surface area (TPSA) is 268 Å². The van der Waals surface area contributed by atoms with Crippen LogP contribution in [0.3, 0.4) is 0 Å². The molecule has 4 heterocycles. The van der Waals surface area contributed by atoms with Gasteiger partial charge in [0.25, 0.3) is 18.3 Å². The van der Waals surface area contributed by atoms with Gasteiger partial charge in [-0.15, -0.1) is 0 Å². The molecule has 2 fully saturated rings. The predicted octanol–water partition coefficient (Wildman–Crippen LogP) is 1.54. The molecule has 2 aliphatic heterocycles. The van der Waals surface area contributed by atoms with Gasteiger partial charge in [0.1, 0.15) is 40.2 Å². The summed E-state index contributed by atoms with van der Waals surface area (Å²) in [4.78, 5) is 43.6. The average Bonchev–Trinajstić information content (AvgIpc) is 3.29. The first kappa shape index (κ1) is 67.0. The van der Waals surface area contributed by atoms with Crippen LogP contribution >= 0.6 is 46.4 Å². The third-order valence-electron chi connectivity index (χ3n) is 9.51. The Bertz CT molecular complexity index is 3230. The third-order valence-corrected chi connectivity index (χ3v) is 11.8. The van der Waals surface area contributed by atoms with Gasteiger partial charge >= 0.3 is 138 Å². The minimum atomic E-state index is -3.72. The fourth-order valence-electron chi connectivity index (χ4n) is 6.01. The van der Waals surface area contributed by atoms with Gasteiger partial charge in [0.2, 0.25) is 31.9 Å². The van der Waals surface area contributed by atoms with Gasteiger partial charge in [-0.3, -0.25) is 14.4 Å². The maximum atomic E-state index is 13.3. The molecule has 0 spiro atoms. The predicted molar refractivity (Wildman–Crippen MR) is 267 cm³/mol. The van der Waals surface area contributed by atoms with Crippen molar-refractivity contribution in [2.75, 3.05) is 38.9 Å². The molecule has 0 saturated carbocycles. The number of sulfonamides is 2. The molecule has 0 aliphatic carbocycles. The van der Waals surface area contributed by atoms with Gasteiger partial charge in [0, 0.05) is 45.8 Å². The zero-order chi connectivity index (χ0) is 53.6. The standard InChI is InChI=1S/C23H20Cl2N2O6S.C16H14ClFN2O5S.C7H7ClO.CH2O3.2Cs.H/c1-13-3-6-18(24)21(7-13)33-23-19(25)8-15(10-26-23)17-5-4-14(22(28)27-34(2,29)30)9-20(17)32-16-11-31-12-16;1-26(22,23)20-16(21)9-2-3-12(10-4-13(17)15(18)19-6-10)14(5-9)25-11-7-24-8-11;1-5-2-3-6(8)7(9)4-5;2-1-4-3;;;/h3-10,16H,11-12H2,1-2H3,(H,27,28);2-6,11H,7-8H2,1H3,(H,20,21);2-4,9H,1H3;1,3H;;;/q;;;;2*+1;-1/p-1. The van der Waals surface area contributed by atoms with E-state index < -0.39 is 37.8 Å². The number of hydrogen-bond acceptors (Lipinski definition) is 17. The largest absolute Gasteiger partial charge is 1.00 e. The number of phenols is 1. The summed E-state index contributed by atoms with van der Waals surface area (Å²) in [5.74, 6) is -0.920. The maximum absolute atomic E-state index is 13.3. The van der Waals surface area contributed by atoms with Crippen molar-refractivity contribution in [1.82, 2.24) is 19.4 Å². The molecule has 0 unspecified atom stereocenters. The van der Waals surface area contributed by atoms with Crippen LogP contribution in [0.5, 0.6) is 28.9 Å². The Kier molecular flexibility index (Phi) is 28.2. The van der Waals surface area contributed by atoms with E-state index in [9.17, 15) is 30.8 Å². The van der Waals surface area contributed by atoms with Crippen molar-refractivity contribution in [3.63, 3.8) is 0 Å². The monoisotopic (exact) mass is 1390 g/mol. The zero-order valence-corrected chi connectivity index (χ0v) is 57.8. The van der Waals surface area contributed by atoms with Crippen molar-refractivity contribution in [3.05, 3.63) is 146 Å². The number of nitrogens with zero attached hydrogens (tertiary/aromatic N) is 2. The Labute approximate surface area is 570 Å². The first-order chi connectivity index (χ1) is 34.4. The van der Waals surface area contributed by atoms with Crippen LogP contribution in [0.15, 0.2) is 97.3 Å². The van der Waals surface area contributed by atoms with E-state index in [1.165, 1.54) is 36.5 Å². The van der Waals surface area contributed by atoms with E-state index in [0.717, 1.165) is 23.6 Å². The molecule has 2 aliphatic rings. The number of benzene rings is 4. The van der Waals surface area contributed by atoms with Crippen LogP contribution in [-0.2, 0) is 39.2 Å². The van der Waals surface area contributed by atoms with E-state index in [1.54, 1.807) is 48.7 Å². The summed E-state index contributed by atoms with van der Waals surface area (Å²) in [6, 6.07) is 22.5. The summed E-state index contributed by atoms with van der Waals surface area (Å²) in [6.45, 7) is 5.22. The summed E-state index contributed by atoms with van der Waals surface area (Å²) < 4.78 is 90.3. The molecule has 28 heteroatoms. The van der Waals surface area contributed by atoms with E-state index >= 15 is 0 Å². The van der Waals surface area contributed by atoms with E-state index in [1.807, 2.05) is 35.4 Å². The van der Waals surface area contributed by atoms with Crippen molar-refractivity contribution in [2.24, 2.45) is 0 Å². The van der Waals surface area contributed by atoms with Crippen molar-refractivity contribution >= 4 is 84.7 Å². The van der Waals surface area contributed by atoms with E-state index in [2.05, 4.69) is 14.9 Å². The number of halogens is 5. The van der Waals surface area contributed by atoms with E-state index in [4.69, 9.17) is 85.2 Å². The van der Waals surface area contributed by atoms with Crippen molar-refractivity contribution in [3.8, 4) is 51.1 Å². The van der Waals surface area contributed by atoms with Gasteiger partial charge in [0.15, 0.2) is 0 Å². The summed E-state index contributed by atoms with van der Waals surface area (Å²) in [5.41, 5.74) is 4.43. The van der Waals surface area contributed by atoms with Crippen LogP contribution in [0.2, 0.25) is 20.1 Å². The molecule has 2 amide bonds.